The molecule has 5 heteroatoms. The van der Waals surface area contributed by atoms with Gasteiger partial charge in [0.2, 0.25) is 0 Å². The van der Waals surface area contributed by atoms with E-state index in [-0.39, 0.29) is 5.41 Å². The molecule has 0 bridgehead atoms. The first kappa shape index (κ1) is 15.8. The molecule has 2 heterocycles. The van der Waals surface area contributed by atoms with E-state index >= 15 is 0 Å². The monoisotopic (exact) mass is 423 g/mol. The largest absolute Gasteiger partial charge is 0.248 e. The third-order valence-electron chi connectivity index (χ3n) is 4.46. The predicted octanol–water partition coefficient (Wildman–Crippen LogP) is 6.93. The third-order valence-corrected chi connectivity index (χ3v) is 7.78. The molecule has 23 heavy (non-hydrogen) atoms. The minimum atomic E-state index is 0.0199. The Hall–Kier alpha value is -0.680. The summed E-state index contributed by atoms with van der Waals surface area (Å²) in [5.41, 5.74) is 2.50. The molecule has 1 aromatic carbocycles. The first-order valence-corrected chi connectivity index (χ1v) is 10.5. The molecule has 1 aliphatic rings. The Morgan fingerprint density at radius 2 is 2.13 bits per heavy atom. The average molecular weight is 425 g/mol. The van der Waals surface area contributed by atoms with Gasteiger partial charge in [-0.2, -0.15) is 0 Å². The zero-order valence-corrected chi connectivity index (χ0v) is 16.6. The van der Waals surface area contributed by atoms with Crippen LogP contribution in [0.4, 0.5) is 0 Å². The van der Waals surface area contributed by atoms with Gasteiger partial charge in [-0.3, -0.25) is 0 Å². The average Bonchev–Trinajstić information content (AvgIpc) is 2.99. The van der Waals surface area contributed by atoms with Crippen LogP contribution < -0.4 is 0 Å². The van der Waals surface area contributed by atoms with Crippen molar-refractivity contribution in [3.63, 3.8) is 0 Å². The van der Waals surface area contributed by atoms with Gasteiger partial charge in [0.25, 0.3) is 0 Å². The molecule has 0 atom stereocenters. The molecule has 0 unspecified atom stereocenters. The summed E-state index contributed by atoms with van der Waals surface area (Å²) in [7, 11) is 0. The maximum atomic E-state index is 6.62. The lowest BCUT2D eigenvalue weighted by molar-refractivity contribution is 0.831. The van der Waals surface area contributed by atoms with Gasteiger partial charge in [0.1, 0.15) is 5.01 Å². The molecule has 0 radical (unpaired) electrons. The lowest BCUT2D eigenvalue weighted by Crippen LogP contribution is -2.09. The Bertz CT molecular complexity index is 850. The maximum absolute atomic E-state index is 6.62. The van der Waals surface area contributed by atoms with Crippen LogP contribution in [0.3, 0.4) is 0 Å². The number of benzene rings is 1. The third kappa shape index (κ3) is 2.70. The summed E-state index contributed by atoms with van der Waals surface area (Å²) in [5, 5.41) is 4.17. The van der Waals surface area contributed by atoms with E-state index in [1.54, 1.807) is 22.7 Å². The van der Waals surface area contributed by atoms with Gasteiger partial charge in [0.15, 0.2) is 0 Å². The van der Waals surface area contributed by atoms with Crippen LogP contribution in [0.1, 0.15) is 35.9 Å². The summed E-state index contributed by atoms with van der Waals surface area (Å²) in [4.78, 5) is 7.29. The zero-order valence-electron chi connectivity index (χ0n) is 12.6. The second kappa shape index (κ2) is 5.99. The van der Waals surface area contributed by atoms with Gasteiger partial charge < -0.3 is 0 Å². The Morgan fingerprint density at radius 1 is 1.30 bits per heavy atom. The number of thiazole rings is 1. The fourth-order valence-corrected chi connectivity index (χ4v) is 5.96. The number of hydrogen-bond acceptors (Lipinski definition) is 3. The van der Waals surface area contributed by atoms with Crippen LogP contribution in [-0.2, 0) is 11.8 Å². The van der Waals surface area contributed by atoms with Gasteiger partial charge in [-0.05, 0) is 54.0 Å². The van der Waals surface area contributed by atoms with Crippen molar-refractivity contribution in [2.24, 2.45) is 0 Å². The van der Waals surface area contributed by atoms with Gasteiger partial charge in [-0.1, -0.05) is 40.5 Å². The number of halogens is 2. The topological polar surface area (TPSA) is 12.9 Å². The van der Waals surface area contributed by atoms with Crippen LogP contribution >= 0.6 is 50.2 Å². The van der Waals surface area contributed by atoms with Crippen LogP contribution in [-0.4, -0.2) is 4.98 Å². The fraction of sp³-hybridized carbons (Fsp3) is 0.278. The van der Waals surface area contributed by atoms with E-state index in [9.17, 15) is 0 Å². The minimum Gasteiger partial charge on any atom is -0.248 e. The molecule has 1 fully saturated rings. The molecule has 118 valence electrons. The molecule has 0 spiro atoms. The molecular formula is C18H15BrClNS2. The lowest BCUT2D eigenvalue weighted by Gasteiger charge is -2.16. The van der Waals surface area contributed by atoms with Crippen molar-refractivity contribution in [2.75, 3.05) is 0 Å². The van der Waals surface area contributed by atoms with Crippen molar-refractivity contribution in [2.45, 2.75) is 31.6 Å². The van der Waals surface area contributed by atoms with Crippen molar-refractivity contribution in [3.05, 3.63) is 61.5 Å². The summed E-state index contributed by atoms with van der Waals surface area (Å²) < 4.78 is 1.15. The normalized spacial score (nSPS) is 15.8. The fourth-order valence-electron chi connectivity index (χ4n) is 2.98. The van der Waals surface area contributed by atoms with E-state index in [2.05, 4.69) is 52.5 Å². The van der Waals surface area contributed by atoms with Gasteiger partial charge in [-0.15, -0.1) is 22.7 Å². The SMILES string of the molecule is CCc1cc(Cl)c(C2(c3ncc(-c4cccs4)s3)CC2)cc1Br. The maximum Gasteiger partial charge on any atom is 0.104 e. The van der Waals surface area contributed by atoms with Crippen molar-refractivity contribution in [1.82, 2.24) is 4.98 Å². The molecule has 0 N–H and O–H groups in total. The molecule has 0 aliphatic heterocycles. The Morgan fingerprint density at radius 3 is 2.78 bits per heavy atom. The predicted molar refractivity (Wildman–Crippen MR) is 104 cm³/mol. The van der Waals surface area contributed by atoms with Gasteiger partial charge in [-0.25, -0.2) is 4.98 Å². The number of aromatic nitrogens is 1. The molecule has 1 saturated carbocycles. The molecule has 0 saturated heterocycles. The van der Waals surface area contributed by atoms with Crippen molar-refractivity contribution in [1.29, 1.82) is 0 Å². The van der Waals surface area contributed by atoms with Crippen LogP contribution in [0.15, 0.2) is 40.3 Å². The summed E-state index contributed by atoms with van der Waals surface area (Å²) >= 11 is 13.9. The molecule has 3 aromatic rings. The zero-order chi connectivity index (χ0) is 16.0. The molecule has 4 rings (SSSR count). The van der Waals surface area contributed by atoms with Crippen molar-refractivity contribution in [3.8, 4) is 9.75 Å². The smallest absolute Gasteiger partial charge is 0.104 e. The highest BCUT2D eigenvalue weighted by molar-refractivity contribution is 9.10. The second-order valence-corrected chi connectivity index (χ2v) is 9.11. The molecule has 1 aliphatic carbocycles. The molecule has 2 aromatic heterocycles. The molecular weight excluding hydrogens is 410 g/mol. The highest BCUT2D eigenvalue weighted by Crippen LogP contribution is 2.57. The number of thiophene rings is 1. The van der Waals surface area contributed by atoms with E-state index in [0.29, 0.717) is 0 Å². The Kier molecular flexibility index (Phi) is 4.12. The highest BCUT2D eigenvalue weighted by Gasteiger charge is 2.49. The first-order valence-electron chi connectivity index (χ1n) is 7.62. The van der Waals surface area contributed by atoms with Crippen LogP contribution in [0, 0.1) is 0 Å². The number of hydrogen-bond donors (Lipinski definition) is 0. The van der Waals surface area contributed by atoms with E-state index < -0.39 is 0 Å². The lowest BCUT2D eigenvalue weighted by atomic mass is 9.95. The van der Waals surface area contributed by atoms with E-state index in [0.717, 1.165) is 28.8 Å². The Labute approximate surface area is 157 Å². The van der Waals surface area contributed by atoms with Crippen molar-refractivity contribution >= 4 is 50.2 Å². The van der Waals surface area contributed by atoms with E-state index in [4.69, 9.17) is 16.6 Å². The van der Waals surface area contributed by atoms with Gasteiger partial charge in [0, 0.05) is 26.0 Å². The van der Waals surface area contributed by atoms with E-state index in [1.807, 2.05) is 6.20 Å². The Balaban J connectivity index is 1.76. The number of nitrogens with zero attached hydrogens (tertiary/aromatic N) is 1. The number of aryl methyl sites for hydroxylation is 1. The number of rotatable bonds is 4. The molecule has 0 amide bonds. The summed E-state index contributed by atoms with van der Waals surface area (Å²) in [6, 6.07) is 8.56. The standard InChI is InChI=1S/C18H15BrClNS2/c1-2-11-8-14(20)12(9-13(11)19)18(5-6-18)17-21-10-16(23-17)15-4-3-7-22-15/h3-4,7-10H,2,5-6H2,1H3. The van der Waals surface area contributed by atoms with Crippen LogP contribution in [0.2, 0.25) is 5.02 Å². The van der Waals surface area contributed by atoms with E-state index in [1.165, 1.54) is 25.9 Å². The minimum absolute atomic E-state index is 0.0199. The van der Waals surface area contributed by atoms with Crippen LogP contribution in [0.25, 0.3) is 9.75 Å². The summed E-state index contributed by atoms with van der Waals surface area (Å²) in [6.45, 7) is 2.15. The van der Waals surface area contributed by atoms with Gasteiger partial charge >= 0.3 is 0 Å². The summed E-state index contributed by atoms with van der Waals surface area (Å²) in [5.74, 6) is 0. The molecule has 1 nitrogen and oxygen atoms in total. The first-order chi connectivity index (χ1) is 11.1. The summed E-state index contributed by atoms with van der Waals surface area (Å²) in [6.07, 6.45) is 5.24. The quantitative estimate of drug-likeness (QED) is 0.442. The second-order valence-electron chi connectivity index (χ2n) is 5.87. The van der Waals surface area contributed by atoms with Gasteiger partial charge in [0.05, 0.1) is 4.88 Å². The highest BCUT2D eigenvalue weighted by atomic mass is 79.9. The van der Waals surface area contributed by atoms with Crippen molar-refractivity contribution < 1.29 is 0 Å². The van der Waals surface area contributed by atoms with Crippen LogP contribution in [0.5, 0.6) is 0 Å².